The third-order valence-electron chi connectivity index (χ3n) is 1.66. The highest BCUT2D eigenvalue weighted by Gasteiger charge is 1.97. The Labute approximate surface area is 91.2 Å². The summed E-state index contributed by atoms with van der Waals surface area (Å²) in [6.07, 6.45) is 3.89. The summed E-state index contributed by atoms with van der Waals surface area (Å²) in [6, 6.07) is 1.91. The smallest absolute Gasteiger partial charge is 0.221 e. The molecule has 14 heavy (non-hydrogen) atoms. The van der Waals surface area contributed by atoms with Crippen molar-refractivity contribution in [2.24, 2.45) is 0 Å². The molecule has 0 atom stereocenters. The molecule has 1 aromatic heterocycles. The molecule has 4 nitrogen and oxygen atoms in total. The Morgan fingerprint density at radius 2 is 2.36 bits per heavy atom. The summed E-state index contributed by atoms with van der Waals surface area (Å²) in [5, 5.41) is 5.66. The summed E-state index contributed by atoms with van der Waals surface area (Å²) in [5.41, 5.74) is 0.906. The minimum absolute atomic E-state index is 0.0282. The number of aromatic nitrogens is 1. The Balaban J connectivity index is 2.35. The van der Waals surface area contributed by atoms with Gasteiger partial charge in [0.25, 0.3) is 0 Å². The molecule has 0 aromatic carbocycles. The van der Waals surface area contributed by atoms with Crippen LogP contribution < -0.4 is 10.6 Å². The van der Waals surface area contributed by atoms with Crippen molar-refractivity contribution in [1.82, 2.24) is 10.3 Å². The predicted octanol–water partition coefficient (Wildman–Crippen LogP) is 1.39. The fraction of sp³-hybridized carbons (Fsp3) is 0.333. The van der Waals surface area contributed by atoms with Gasteiger partial charge in [-0.1, -0.05) is 0 Å². The molecule has 1 aromatic rings. The molecule has 5 heteroatoms. The molecule has 0 saturated carbocycles. The van der Waals surface area contributed by atoms with Crippen LogP contribution >= 0.6 is 15.9 Å². The topological polar surface area (TPSA) is 54.0 Å². The van der Waals surface area contributed by atoms with Crippen molar-refractivity contribution >= 4 is 27.5 Å². The van der Waals surface area contributed by atoms with E-state index >= 15 is 0 Å². The molecule has 0 saturated heterocycles. The second-order valence-electron chi connectivity index (χ2n) is 2.74. The zero-order chi connectivity index (χ0) is 10.4. The second kappa shape index (κ2) is 5.59. The summed E-state index contributed by atoms with van der Waals surface area (Å²) in [4.78, 5) is 14.9. The van der Waals surface area contributed by atoms with E-state index in [0.29, 0.717) is 13.0 Å². The van der Waals surface area contributed by atoms with Crippen LogP contribution in [0.3, 0.4) is 0 Å². The Morgan fingerprint density at radius 3 is 3.00 bits per heavy atom. The van der Waals surface area contributed by atoms with Crippen LogP contribution in [0.25, 0.3) is 0 Å². The average molecular weight is 258 g/mol. The number of nitrogens with one attached hydrogen (secondary N) is 2. The normalized spacial score (nSPS) is 9.57. The number of carbonyl (C=O) groups excluding carboxylic acids is 1. The molecule has 0 aliphatic rings. The van der Waals surface area contributed by atoms with Crippen molar-refractivity contribution in [2.75, 3.05) is 18.9 Å². The minimum atomic E-state index is 0.0282. The van der Waals surface area contributed by atoms with Gasteiger partial charge in [0.05, 0.1) is 11.9 Å². The van der Waals surface area contributed by atoms with Gasteiger partial charge in [-0.25, -0.2) is 0 Å². The van der Waals surface area contributed by atoms with Crippen LogP contribution in [0, 0.1) is 0 Å². The van der Waals surface area contributed by atoms with E-state index in [1.54, 1.807) is 19.4 Å². The highest BCUT2D eigenvalue weighted by atomic mass is 79.9. The first-order valence-corrected chi connectivity index (χ1v) is 5.06. The number of hydrogen-bond acceptors (Lipinski definition) is 3. The van der Waals surface area contributed by atoms with Crippen molar-refractivity contribution in [1.29, 1.82) is 0 Å². The molecule has 2 N–H and O–H groups in total. The summed E-state index contributed by atoms with van der Waals surface area (Å²) in [5.74, 6) is 0.0282. The standard InChI is InChI=1S/C9H12BrN3O/c1-11-9(14)2-3-13-8-4-7(10)5-12-6-8/h4-6,13H,2-3H2,1H3,(H,11,14). The lowest BCUT2D eigenvalue weighted by molar-refractivity contribution is -0.120. The molecule has 0 aliphatic heterocycles. The largest absolute Gasteiger partial charge is 0.383 e. The summed E-state index contributed by atoms with van der Waals surface area (Å²) >= 11 is 3.31. The predicted molar refractivity (Wildman–Crippen MR) is 59.1 cm³/mol. The monoisotopic (exact) mass is 257 g/mol. The van der Waals surface area contributed by atoms with Gasteiger partial charge in [0, 0.05) is 30.7 Å². The maximum atomic E-state index is 10.9. The zero-order valence-electron chi connectivity index (χ0n) is 7.88. The maximum absolute atomic E-state index is 10.9. The summed E-state index contributed by atoms with van der Waals surface area (Å²) in [7, 11) is 1.63. The Bertz CT molecular complexity index is 317. The van der Waals surface area contributed by atoms with Gasteiger partial charge in [0.15, 0.2) is 0 Å². The highest BCUT2D eigenvalue weighted by molar-refractivity contribution is 9.10. The number of halogens is 1. The lowest BCUT2D eigenvalue weighted by atomic mass is 10.3. The van der Waals surface area contributed by atoms with E-state index in [-0.39, 0.29) is 5.91 Å². The van der Waals surface area contributed by atoms with Gasteiger partial charge < -0.3 is 10.6 Å². The molecule has 0 fully saturated rings. The van der Waals surface area contributed by atoms with Crippen LogP contribution in [-0.2, 0) is 4.79 Å². The average Bonchev–Trinajstić information content (AvgIpc) is 2.17. The number of amides is 1. The molecule has 76 valence electrons. The van der Waals surface area contributed by atoms with Gasteiger partial charge >= 0.3 is 0 Å². The molecule has 0 unspecified atom stereocenters. The first-order valence-electron chi connectivity index (χ1n) is 4.27. The van der Waals surface area contributed by atoms with Crippen LogP contribution in [0.1, 0.15) is 6.42 Å². The van der Waals surface area contributed by atoms with Gasteiger partial charge in [-0.05, 0) is 22.0 Å². The van der Waals surface area contributed by atoms with Crippen molar-refractivity contribution in [3.63, 3.8) is 0 Å². The van der Waals surface area contributed by atoms with Crippen LogP contribution in [0.5, 0.6) is 0 Å². The number of carbonyl (C=O) groups is 1. The van der Waals surface area contributed by atoms with E-state index in [1.165, 1.54) is 0 Å². The highest BCUT2D eigenvalue weighted by Crippen LogP contribution is 2.13. The SMILES string of the molecule is CNC(=O)CCNc1cncc(Br)c1. The lowest BCUT2D eigenvalue weighted by Gasteiger charge is -2.04. The molecule has 1 rings (SSSR count). The number of rotatable bonds is 4. The first kappa shape index (κ1) is 11.0. The third-order valence-corrected chi connectivity index (χ3v) is 2.10. The summed E-state index contributed by atoms with van der Waals surface area (Å²) < 4.78 is 0.919. The summed E-state index contributed by atoms with van der Waals surface area (Å²) in [6.45, 7) is 0.609. The first-order chi connectivity index (χ1) is 6.72. The van der Waals surface area contributed by atoms with Gasteiger partial charge in [0.1, 0.15) is 0 Å². The van der Waals surface area contributed by atoms with Crippen molar-refractivity contribution in [2.45, 2.75) is 6.42 Å². The zero-order valence-corrected chi connectivity index (χ0v) is 9.47. The van der Waals surface area contributed by atoms with Gasteiger partial charge in [0.2, 0.25) is 5.91 Å². The molecule has 0 aliphatic carbocycles. The molecule has 0 spiro atoms. The van der Waals surface area contributed by atoms with Crippen molar-refractivity contribution < 1.29 is 4.79 Å². The number of hydrogen-bond donors (Lipinski definition) is 2. The molecular weight excluding hydrogens is 246 g/mol. The molecule has 1 heterocycles. The minimum Gasteiger partial charge on any atom is -0.383 e. The van der Waals surface area contributed by atoms with E-state index < -0.39 is 0 Å². The molecule has 0 bridgehead atoms. The number of nitrogens with zero attached hydrogens (tertiary/aromatic N) is 1. The van der Waals surface area contributed by atoms with E-state index in [4.69, 9.17) is 0 Å². The lowest BCUT2D eigenvalue weighted by Crippen LogP contribution is -2.20. The maximum Gasteiger partial charge on any atom is 0.221 e. The van der Waals surface area contributed by atoms with Crippen LogP contribution in [-0.4, -0.2) is 24.5 Å². The second-order valence-corrected chi connectivity index (χ2v) is 3.66. The van der Waals surface area contributed by atoms with E-state index in [9.17, 15) is 4.79 Å². The fourth-order valence-corrected chi connectivity index (χ4v) is 1.32. The molecule has 1 amide bonds. The van der Waals surface area contributed by atoms with E-state index in [1.807, 2.05) is 6.07 Å². The Morgan fingerprint density at radius 1 is 1.57 bits per heavy atom. The van der Waals surface area contributed by atoms with Crippen LogP contribution in [0.2, 0.25) is 0 Å². The quantitative estimate of drug-likeness (QED) is 0.858. The number of pyridine rings is 1. The van der Waals surface area contributed by atoms with Gasteiger partial charge in [-0.3, -0.25) is 9.78 Å². The van der Waals surface area contributed by atoms with Crippen LogP contribution in [0.4, 0.5) is 5.69 Å². The Kier molecular flexibility index (Phi) is 4.39. The molecule has 0 radical (unpaired) electrons. The van der Waals surface area contributed by atoms with Crippen molar-refractivity contribution in [3.8, 4) is 0 Å². The number of anilines is 1. The van der Waals surface area contributed by atoms with Crippen LogP contribution in [0.15, 0.2) is 22.9 Å². The fourth-order valence-electron chi connectivity index (χ4n) is 0.954. The van der Waals surface area contributed by atoms with E-state index in [2.05, 4.69) is 31.5 Å². The van der Waals surface area contributed by atoms with Gasteiger partial charge in [-0.15, -0.1) is 0 Å². The third kappa shape index (κ3) is 3.74. The molecular formula is C9H12BrN3O. The van der Waals surface area contributed by atoms with E-state index in [0.717, 1.165) is 10.2 Å². The van der Waals surface area contributed by atoms with Gasteiger partial charge in [-0.2, -0.15) is 0 Å². The Hall–Kier alpha value is -1.10. The van der Waals surface area contributed by atoms with Crippen molar-refractivity contribution in [3.05, 3.63) is 22.9 Å².